The minimum Gasteiger partial charge on any atom is -0.327 e. The Balaban J connectivity index is 2.15. The van der Waals surface area contributed by atoms with E-state index >= 15 is 0 Å². The average molecular weight is 341 g/mol. The van der Waals surface area contributed by atoms with Crippen molar-refractivity contribution < 1.29 is 0 Å². The van der Waals surface area contributed by atoms with E-state index in [0.717, 1.165) is 28.3 Å². The second kappa shape index (κ2) is 7.50. The second-order valence-electron chi connectivity index (χ2n) is 5.02. The number of halogens is 2. The van der Waals surface area contributed by atoms with Crippen molar-refractivity contribution in [3.8, 4) is 0 Å². The van der Waals surface area contributed by atoms with E-state index in [2.05, 4.69) is 24.9 Å². The molecule has 1 heterocycles. The van der Waals surface area contributed by atoms with Crippen LogP contribution in [0.1, 0.15) is 24.5 Å². The van der Waals surface area contributed by atoms with Crippen LogP contribution in [-0.2, 0) is 6.42 Å². The van der Waals surface area contributed by atoms with Gasteiger partial charge in [-0.15, -0.1) is 0 Å². The molecular weight excluding hydrogens is 323 g/mol. The van der Waals surface area contributed by atoms with Crippen molar-refractivity contribution >= 4 is 35.0 Å². The number of hydrogen-bond donors (Lipinski definition) is 1. The minimum atomic E-state index is 0.194. The van der Waals surface area contributed by atoms with Crippen molar-refractivity contribution in [1.29, 1.82) is 0 Å². The number of aryl methyl sites for hydroxylation is 1. The molecule has 5 heteroatoms. The van der Waals surface area contributed by atoms with Gasteiger partial charge in [-0.05, 0) is 49.1 Å². The average Bonchev–Trinajstić information content (AvgIpc) is 2.45. The molecular formula is C16H18Cl2N2S. The summed E-state index contributed by atoms with van der Waals surface area (Å²) in [6, 6.07) is 7.95. The molecule has 21 heavy (non-hydrogen) atoms. The van der Waals surface area contributed by atoms with Gasteiger partial charge in [0.1, 0.15) is 5.03 Å². The number of benzene rings is 1. The Kier molecular flexibility index (Phi) is 5.94. The Bertz CT molecular complexity index is 632. The number of hydrogen-bond acceptors (Lipinski definition) is 3. The topological polar surface area (TPSA) is 38.9 Å². The van der Waals surface area contributed by atoms with E-state index < -0.39 is 0 Å². The summed E-state index contributed by atoms with van der Waals surface area (Å²) in [7, 11) is 0. The third kappa shape index (κ3) is 4.62. The van der Waals surface area contributed by atoms with Gasteiger partial charge < -0.3 is 5.73 Å². The molecule has 2 nitrogen and oxygen atoms in total. The van der Waals surface area contributed by atoms with Crippen molar-refractivity contribution in [2.24, 2.45) is 5.73 Å². The molecule has 1 aromatic heterocycles. The monoisotopic (exact) mass is 340 g/mol. The Hall–Kier alpha value is -0.740. The predicted octanol–water partition coefficient (Wildman–Crippen LogP) is 5.13. The lowest BCUT2D eigenvalue weighted by atomic mass is 10.1. The van der Waals surface area contributed by atoms with Gasteiger partial charge >= 0.3 is 0 Å². The fourth-order valence-electron chi connectivity index (χ4n) is 1.94. The van der Waals surface area contributed by atoms with Crippen LogP contribution in [0, 0.1) is 6.92 Å². The summed E-state index contributed by atoms with van der Waals surface area (Å²) in [5.74, 6) is 0. The maximum Gasteiger partial charge on any atom is 0.104 e. The number of nitrogens with zero attached hydrogens (tertiary/aromatic N) is 1. The van der Waals surface area contributed by atoms with Crippen LogP contribution in [0.4, 0.5) is 0 Å². The number of aromatic nitrogens is 1. The van der Waals surface area contributed by atoms with Gasteiger partial charge in [-0.25, -0.2) is 4.98 Å². The summed E-state index contributed by atoms with van der Waals surface area (Å²) in [6.07, 6.45) is 3.74. The molecule has 0 saturated heterocycles. The molecule has 0 bridgehead atoms. The smallest absolute Gasteiger partial charge is 0.104 e. The largest absolute Gasteiger partial charge is 0.327 e. The Morgan fingerprint density at radius 3 is 2.62 bits per heavy atom. The van der Waals surface area contributed by atoms with Gasteiger partial charge in [0.25, 0.3) is 0 Å². The first-order chi connectivity index (χ1) is 9.99. The molecule has 0 aliphatic heterocycles. The lowest BCUT2D eigenvalue weighted by Gasteiger charge is -2.11. The Morgan fingerprint density at radius 2 is 2.00 bits per heavy atom. The van der Waals surface area contributed by atoms with E-state index in [0.29, 0.717) is 10.0 Å². The van der Waals surface area contributed by atoms with Crippen LogP contribution in [0.25, 0.3) is 0 Å². The summed E-state index contributed by atoms with van der Waals surface area (Å²) >= 11 is 13.6. The van der Waals surface area contributed by atoms with Gasteiger partial charge in [-0.2, -0.15) is 0 Å². The van der Waals surface area contributed by atoms with E-state index in [1.807, 2.05) is 18.3 Å². The summed E-state index contributed by atoms with van der Waals surface area (Å²) < 4.78 is 0. The maximum absolute atomic E-state index is 6.04. The SMILES string of the molecule is CCC(N)Cc1cnc(Sc2ccc(Cl)c(Cl)c2)c(C)c1. The highest BCUT2D eigenvalue weighted by Gasteiger charge is 2.08. The molecule has 1 aromatic carbocycles. The molecule has 0 aliphatic rings. The number of pyridine rings is 1. The van der Waals surface area contributed by atoms with Crippen LogP contribution in [0.5, 0.6) is 0 Å². The molecule has 1 unspecified atom stereocenters. The molecule has 0 spiro atoms. The zero-order chi connectivity index (χ0) is 15.4. The van der Waals surface area contributed by atoms with Crippen LogP contribution in [0.2, 0.25) is 10.0 Å². The molecule has 2 N–H and O–H groups in total. The van der Waals surface area contributed by atoms with Gasteiger partial charge in [0.05, 0.1) is 10.0 Å². The van der Waals surface area contributed by atoms with Crippen molar-refractivity contribution in [2.75, 3.05) is 0 Å². The summed E-state index contributed by atoms with van der Waals surface area (Å²) in [5, 5.41) is 2.10. The standard InChI is InChI=1S/C16H18Cl2N2S/c1-3-12(19)7-11-6-10(2)16(20-9-11)21-13-4-5-14(17)15(18)8-13/h4-6,8-9,12H,3,7,19H2,1-2H3. The lowest BCUT2D eigenvalue weighted by Crippen LogP contribution is -2.21. The number of nitrogens with two attached hydrogens (primary N) is 1. The highest BCUT2D eigenvalue weighted by Crippen LogP contribution is 2.33. The molecule has 0 radical (unpaired) electrons. The van der Waals surface area contributed by atoms with Gasteiger partial charge in [0.15, 0.2) is 0 Å². The first kappa shape index (κ1) is 16.6. The molecule has 2 aromatic rings. The van der Waals surface area contributed by atoms with Gasteiger partial charge in [-0.1, -0.05) is 48.0 Å². The van der Waals surface area contributed by atoms with Crippen LogP contribution in [0.15, 0.2) is 40.4 Å². The molecule has 2 rings (SSSR count). The van der Waals surface area contributed by atoms with E-state index in [-0.39, 0.29) is 6.04 Å². The van der Waals surface area contributed by atoms with E-state index in [1.165, 1.54) is 5.56 Å². The summed E-state index contributed by atoms with van der Waals surface area (Å²) in [5.41, 5.74) is 8.31. The second-order valence-corrected chi connectivity index (χ2v) is 6.89. The predicted molar refractivity (Wildman–Crippen MR) is 91.5 cm³/mol. The van der Waals surface area contributed by atoms with Crippen LogP contribution >= 0.6 is 35.0 Å². The van der Waals surface area contributed by atoms with E-state index in [9.17, 15) is 0 Å². The summed E-state index contributed by atoms with van der Waals surface area (Å²) in [4.78, 5) is 5.57. The number of rotatable bonds is 5. The lowest BCUT2D eigenvalue weighted by molar-refractivity contribution is 0.644. The zero-order valence-electron chi connectivity index (χ0n) is 12.1. The normalized spacial score (nSPS) is 12.4. The molecule has 0 aliphatic carbocycles. The van der Waals surface area contributed by atoms with Crippen LogP contribution in [-0.4, -0.2) is 11.0 Å². The van der Waals surface area contributed by atoms with Crippen LogP contribution in [0.3, 0.4) is 0 Å². The van der Waals surface area contributed by atoms with Crippen LogP contribution < -0.4 is 5.73 Å². The highest BCUT2D eigenvalue weighted by molar-refractivity contribution is 7.99. The fourth-order valence-corrected chi connectivity index (χ4v) is 3.16. The van der Waals surface area contributed by atoms with Gasteiger partial charge in [0, 0.05) is 17.1 Å². The van der Waals surface area contributed by atoms with Crippen molar-refractivity contribution in [1.82, 2.24) is 4.98 Å². The zero-order valence-corrected chi connectivity index (χ0v) is 14.4. The first-order valence-corrected chi connectivity index (χ1v) is 8.40. The third-order valence-corrected chi connectivity index (χ3v) is 5.06. The van der Waals surface area contributed by atoms with Crippen molar-refractivity contribution in [3.63, 3.8) is 0 Å². The van der Waals surface area contributed by atoms with Gasteiger partial charge in [0.2, 0.25) is 0 Å². The Morgan fingerprint density at radius 1 is 1.24 bits per heavy atom. The van der Waals surface area contributed by atoms with Gasteiger partial charge in [-0.3, -0.25) is 0 Å². The summed E-state index contributed by atoms with van der Waals surface area (Å²) in [6.45, 7) is 4.16. The molecule has 1 atom stereocenters. The molecule has 0 fully saturated rings. The first-order valence-electron chi connectivity index (χ1n) is 6.83. The maximum atomic E-state index is 6.04. The minimum absolute atomic E-state index is 0.194. The Labute approximate surface area is 140 Å². The molecule has 112 valence electrons. The highest BCUT2D eigenvalue weighted by atomic mass is 35.5. The molecule has 0 saturated carbocycles. The van der Waals surface area contributed by atoms with Crippen molar-refractivity contribution in [2.45, 2.75) is 42.7 Å². The third-order valence-electron chi connectivity index (χ3n) is 3.21. The quantitative estimate of drug-likeness (QED) is 0.820. The molecule has 0 amide bonds. The fraction of sp³-hybridized carbons (Fsp3) is 0.312. The van der Waals surface area contributed by atoms with E-state index in [1.54, 1.807) is 17.8 Å². The van der Waals surface area contributed by atoms with Crippen molar-refractivity contribution in [3.05, 3.63) is 51.6 Å². The van der Waals surface area contributed by atoms with E-state index in [4.69, 9.17) is 28.9 Å².